The third-order valence-corrected chi connectivity index (χ3v) is 4.96. The average molecular weight is 415 g/mol. The molecule has 0 radical (unpaired) electrons. The predicted molar refractivity (Wildman–Crippen MR) is 115 cm³/mol. The van der Waals surface area contributed by atoms with Crippen LogP contribution in [0.3, 0.4) is 0 Å². The average Bonchev–Trinajstić information content (AvgIpc) is 3.23. The Morgan fingerprint density at radius 2 is 1.90 bits per heavy atom. The summed E-state index contributed by atoms with van der Waals surface area (Å²) in [6, 6.07) is 12.5. The third kappa shape index (κ3) is 3.15. The van der Waals surface area contributed by atoms with E-state index in [9.17, 15) is 4.79 Å². The quantitative estimate of drug-likeness (QED) is 0.446. The van der Waals surface area contributed by atoms with Gasteiger partial charge in [-0.15, -0.1) is 0 Å². The van der Waals surface area contributed by atoms with Gasteiger partial charge in [-0.2, -0.15) is 10.2 Å². The number of fused-ring (bicyclic) bond motifs is 1. The fraction of sp³-hybridized carbons (Fsp3) is 0.0455. The first kappa shape index (κ1) is 18.2. The number of benzene rings is 1. The topological polar surface area (TPSA) is 78.5 Å². The van der Waals surface area contributed by atoms with Crippen LogP contribution in [0.1, 0.15) is 5.56 Å². The molecule has 8 heteroatoms. The van der Waals surface area contributed by atoms with E-state index in [1.807, 2.05) is 25.1 Å². The van der Waals surface area contributed by atoms with Gasteiger partial charge < -0.3 is 0 Å². The molecule has 0 atom stereocenters. The molecule has 0 aliphatic rings. The van der Waals surface area contributed by atoms with Crippen LogP contribution < -0.4 is 5.43 Å². The number of hydrogen-bond acceptors (Lipinski definition) is 5. The smallest absolute Gasteiger partial charge is 0.209 e. The Morgan fingerprint density at radius 3 is 2.77 bits per heavy atom. The molecule has 0 bridgehead atoms. The fourth-order valence-corrected chi connectivity index (χ4v) is 3.52. The number of aromatic nitrogens is 6. The van der Waals surface area contributed by atoms with E-state index in [0.717, 1.165) is 27.8 Å². The van der Waals surface area contributed by atoms with Crippen molar-refractivity contribution in [2.45, 2.75) is 6.92 Å². The largest absolute Gasteiger partial charge is 0.287 e. The van der Waals surface area contributed by atoms with Gasteiger partial charge in [-0.1, -0.05) is 11.6 Å². The van der Waals surface area contributed by atoms with Crippen molar-refractivity contribution in [2.24, 2.45) is 0 Å². The van der Waals surface area contributed by atoms with Gasteiger partial charge in [0.25, 0.3) is 0 Å². The number of hydrogen-bond donors (Lipinski definition) is 0. The van der Waals surface area contributed by atoms with Gasteiger partial charge in [0, 0.05) is 35.1 Å². The second kappa shape index (κ2) is 7.20. The second-order valence-corrected chi connectivity index (χ2v) is 7.25. The fourth-order valence-electron chi connectivity index (χ4n) is 3.36. The van der Waals surface area contributed by atoms with E-state index in [0.29, 0.717) is 10.7 Å². The number of nitrogens with zero attached hydrogens (tertiary/aromatic N) is 6. The number of pyridine rings is 2. The van der Waals surface area contributed by atoms with Gasteiger partial charge in [0.05, 0.1) is 35.0 Å². The van der Waals surface area contributed by atoms with E-state index < -0.39 is 0 Å². The van der Waals surface area contributed by atoms with Crippen molar-refractivity contribution >= 4 is 22.5 Å². The molecule has 30 heavy (non-hydrogen) atoms. The summed E-state index contributed by atoms with van der Waals surface area (Å²) >= 11 is 6.11. The van der Waals surface area contributed by atoms with Crippen LogP contribution in [0.15, 0.2) is 78.2 Å². The van der Waals surface area contributed by atoms with Gasteiger partial charge >= 0.3 is 0 Å². The summed E-state index contributed by atoms with van der Waals surface area (Å²) in [5.74, 6) is 0. The van der Waals surface area contributed by atoms with Gasteiger partial charge in [-0.3, -0.25) is 14.8 Å². The number of rotatable bonds is 3. The summed E-state index contributed by atoms with van der Waals surface area (Å²) in [4.78, 5) is 21.3. The summed E-state index contributed by atoms with van der Waals surface area (Å²) < 4.78 is 3.33. The van der Waals surface area contributed by atoms with Crippen molar-refractivity contribution in [1.29, 1.82) is 0 Å². The molecule has 4 aromatic heterocycles. The first-order chi connectivity index (χ1) is 14.6. The molecule has 0 amide bonds. The van der Waals surface area contributed by atoms with Gasteiger partial charge in [0.15, 0.2) is 5.69 Å². The van der Waals surface area contributed by atoms with E-state index in [-0.39, 0.29) is 11.1 Å². The monoisotopic (exact) mass is 414 g/mol. The Labute approximate surface area is 176 Å². The van der Waals surface area contributed by atoms with Crippen LogP contribution in [0.25, 0.3) is 33.7 Å². The van der Waals surface area contributed by atoms with Crippen molar-refractivity contribution in [1.82, 2.24) is 29.5 Å². The number of aryl methyl sites for hydroxylation is 1. The van der Waals surface area contributed by atoms with Crippen LogP contribution in [-0.2, 0) is 0 Å². The maximum Gasteiger partial charge on any atom is 0.209 e. The highest BCUT2D eigenvalue weighted by molar-refractivity contribution is 6.31. The molecule has 0 fully saturated rings. The standard InChI is InChI=1S/C22H15ClN6O/c1-14-10-16(13-24-12-14)28-9-6-21(30)22(27-28)20-5-8-26-29(20)19-4-7-25-18-11-15(23)2-3-17(18)19/h2-13H,1H3. The second-order valence-electron chi connectivity index (χ2n) is 6.81. The van der Waals surface area contributed by atoms with E-state index in [1.54, 1.807) is 58.5 Å². The number of halogens is 1. The summed E-state index contributed by atoms with van der Waals surface area (Å²) in [5, 5.41) is 10.5. The molecule has 0 N–H and O–H groups in total. The molecule has 0 spiro atoms. The molecular weight excluding hydrogens is 400 g/mol. The highest BCUT2D eigenvalue weighted by Gasteiger charge is 2.15. The Hall–Kier alpha value is -3.84. The molecule has 146 valence electrons. The highest BCUT2D eigenvalue weighted by Crippen LogP contribution is 2.26. The van der Waals surface area contributed by atoms with E-state index in [2.05, 4.69) is 20.2 Å². The van der Waals surface area contributed by atoms with Crippen LogP contribution in [0.2, 0.25) is 5.02 Å². The summed E-state index contributed by atoms with van der Waals surface area (Å²) in [5.41, 5.74) is 3.96. The molecule has 1 aromatic carbocycles. The molecule has 7 nitrogen and oxygen atoms in total. The molecule has 5 aromatic rings. The van der Waals surface area contributed by atoms with E-state index in [4.69, 9.17) is 11.6 Å². The van der Waals surface area contributed by atoms with Gasteiger partial charge in [-0.25, -0.2) is 9.36 Å². The zero-order valence-corrected chi connectivity index (χ0v) is 16.7. The van der Waals surface area contributed by atoms with Crippen molar-refractivity contribution in [2.75, 3.05) is 0 Å². The van der Waals surface area contributed by atoms with Gasteiger partial charge in [-0.05, 0) is 48.9 Å². The third-order valence-electron chi connectivity index (χ3n) is 4.73. The molecule has 0 saturated heterocycles. The minimum absolute atomic E-state index is 0.199. The molecule has 0 unspecified atom stereocenters. The van der Waals surface area contributed by atoms with Crippen LogP contribution >= 0.6 is 11.6 Å². The Morgan fingerprint density at radius 1 is 1.00 bits per heavy atom. The van der Waals surface area contributed by atoms with Crippen LogP contribution in [0.4, 0.5) is 0 Å². The Kier molecular flexibility index (Phi) is 4.37. The molecular formula is C22H15ClN6O. The van der Waals surface area contributed by atoms with Crippen molar-refractivity contribution in [3.8, 4) is 22.8 Å². The van der Waals surface area contributed by atoms with Crippen LogP contribution in [0, 0.1) is 6.92 Å². The lowest BCUT2D eigenvalue weighted by Gasteiger charge is -2.11. The summed E-state index contributed by atoms with van der Waals surface area (Å²) in [7, 11) is 0. The lowest BCUT2D eigenvalue weighted by atomic mass is 10.2. The SMILES string of the molecule is Cc1cncc(-n2ccc(=O)c(-c3ccnn3-c3ccnc4cc(Cl)ccc34)n2)c1. The molecule has 0 aliphatic carbocycles. The maximum absolute atomic E-state index is 12.7. The maximum atomic E-state index is 12.7. The van der Waals surface area contributed by atoms with Crippen LogP contribution in [-0.4, -0.2) is 29.5 Å². The van der Waals surface area contributed by atoms with Crippen molar-refractivity contribution < 1.29 is 0 Å². The summed E-state index contributed by atoms with van der Waals surface area (Å²) in [6.45, 7) is 1.95. The van der Waals surface area contributed by atoms with Gasteiger partial charge in [0.2, 0.25) is 5.43 Å². The zero-order valence-electron chi connectivity index (χ0n) is 15.9. The zero-order chi connectivity index (χ0) is 20.7. The van der Waals surface area contributed by atoms with E-state index >= 15 is 0 Å². The Bertz CT molecular complexity index is 1460. The Balaban J connectivity index is 1.70. The van der Waals surface area contributed by atoms with Crippen molar-refractivity contribution in [3.05, 3.63) is 94.3 Å². The molecule has 0 aliphatic heterocycles. The lowest BCUT2D eigenvalue weighted by Crippen LogP contribution is -2.15. The lowest BCUT2D eigenvalue weighted by molar-refractivity contribution is 0.819. The normalized spacial score (nSPS) is 11.1. The summed E-state index contributed by atoms with van der Waals surface area (Å²) in [6.07, 6.45) is 8.43. The molecule has 5 rings (SSSR count). The highest BCUT2D eigenvalue weighted by atomic mass is 35.5. The first-order valence-corrected chi connectivity index (χ1v) is 9.59. The minimum Gasteiger partial charge on any atom is -0.287 e. The predicted octanol–water partition coefficient (Wildman–Crippen LogP) is 3.99. The van der Waals surface area contributed by atoms with E-state index in [1.165, 1.54) is 6.07 Å². The minimum atomic E-state index is -0.199. The van der Waals surface area contributed by atoms with Crippen LogP contribution in [0.5, 0.6) is 0 Å². The first-order valence-electron chi connectivity index (χ1n) is 9.21. The van der Waals surface area contributed by atoms with Gasteiger partial charge in [0.1, 0.15) is 0 Å². The molecule has 0 saturated carbocycles. The van der Waals surface area contributed by atoms with Crippen molar-refractivity contribution in [3.63, 3.8) is 0 Å². The molecule has 4 heterocycles.